The van der Waals surface area contributed by atoms with Gasteiger partial charge in [0.15, 0.2) is 0 Å². The molecule has 1 aromatic rings. The molecule has 5 heteroatoms. The van der Waals surface area contributed by atoms with Crippen LogP contribution in [0, 0.1) is 3.57 Å². The number of nitrogens with two attached hydrogens (primary N) is 1. The van der Waals surface area contributed by atoms with E-state index in [1.165, 1.54) is 0 Å². The molecule has 0 unspecified atom stereocenters. The van der Waals surface area contributed by atoms with Crippen LogP contribution in [-0.2, 0) is 0 Å². The summed E-state index contributed by atoms with van der Waals surface area (Å²) in [6.45, 7) is 4.88. The summed E-state index contributed by atoms with van der Waals surface area (Å²) in [4.78, 5) is 10.6. The Labute approximate surface area is 104 Å². The normalized spacial score (nSPS) is 10.3. The second kappa shape index (κ2) is 6.95. The van der Waals surface area contributed by atoms with Gasteiger partial charge in [0.05, 0.1) is 3.57 Å². The first-order chi connectivity index (χ1) is 7.29. The first-order valence-electron chi connectivity index (χ1n) is 5.20. The van der Waals surface area contributed by atoms with Crippen molar-refractivity contribution in [1.29, 1.82) is 0 Å². The lowest BCUT2D eigenvalue weighted by Gasteiger charge is -2.23. The molecule has 0 aliphatic rings. The third-order valence-electron chi connectivity index (χ3n) is 2.07. The highest BCUT2D eigenvalue weighted by Gasteiger charge is 2.09. The maximum atomic E-state index is 5.53. The summed E-state index contributed by atoms with van der Waals surface area (Å²) in [7, 11) is 0. The molecule has 0 radical (unpaired) electrons. The third kappa shape index (κ3) is 3.90. The zero-order chi connectivity index (χ0) is 11.1. The van der Waals surface area contributed by atoms with Gasteiger partial charge in [-0.15, -0.1) is 0 Å². The Kier molecular flexibility index (Phi) is 5.85. The molecule has 0 saturated carbocycles. The van der Waals surface area contributed by atoms with Crippen molar-refractivity contribution in [2.45, 2.75) is 19.8 Å². The van der Waals surface area contributed by atoms with Gasteiger partial charge in [-0.2, -0.15) is 0 Å². The van der Waals surface area contributed by atoms with Crippen LogP contribution in [0.3, 0.4) is 0 Å². The molecule has 84 valence electrons. The van der Waals surface area contributed by atoms with Crippen molar-refractivity contribution in [2.24, 2.45) is 5.73 Å². The molecule has 0 atom stereocenters. The van der Waals surface area contributed by atoms with E-state index in [1.54, 1.807) is 6.33 Å². The number of rotatable bonds is 6. The van der Waals surface area contributed by atoms with Crippen molar-refractivity contribution >= 4 is 28.4 Å². The van der Waals surface area contributed by atoms with E-state index >= 15 is 0 Å². The van der Waals surface area contributed by atoms with Crippen LogP contribution in [-0.4, -0.2) is 29.6 Å². The molecule has 0 fully saturated rings. The molecule has 2 N–H and O–H groups in total. The third-order valence-corrected chi connectivity index (χ3v) is 2.83. The Morgan fingerprint density at radius 2 is 2.27 bits per heavy atom. The summed E-state index contributed by atoms with van der Waals surface area (Å²) >= 11 is 2.27. The molecule has 0 saturated heterocycles. The molecule has 4 nitrogen and oxygen atoms in total. The van der Waals surface area contributed by atoms with Gasteiger partial charge in [-0.05, 0) is 42.0 Å². The summed E-state index contributed by atoms with van der Waals surface area (Å²) in [6, 6.07) is 0. The fourth-order valence-corrected chi connectivity index (χ4v) is 2.06. The minimum atomic E-state index is 0.724. The van der Waals surface area contributed by atoms with E-state index in [2.05, 4.69) is 44.4 Å². The van der Waals surface area contributed by atoms with Crippen molar-refractivity contribution in [3.8, 4) is 0 Å². The van der Waals surface area contributed by atoms with Gasteiger partial charge >= 0.3 is 0 Å². The molecular weight excluding hydrogens is 303 g/mol. The van der Waals surface area contributed by atoms with Crippen LogP contribution >= 0.6 is 22.6 Å². The maximum absolute atomic E-state index is 5.53. The lowest BCUT2D eigenvalue weighted by molar-refractivity contribution is 0.708. The molecule has 0 aliphatic heterocycles. The summed E-state index contributed by atoms with van der Waals surface area (Å²) in [5.74, 6) is 1.03. The summed E-state index contributed by atoms with van der Waals surface area (Å²) < 4.78 is 1.10. The van der Waals surface area contributed by atoms with Crippen molar-refractivity contribution in [2.75, 3.05) is 24.5 Å². The Morgan fingerprint density at radius 3 is 2.87 bits per heavy atom. The first kappa shape index (κ1) is 12.6. The molecule has 0 spiro atoms. The van der Waals surface area contributed by atoms with Crippen LogP contribution in [0.25, 0.3) is 0 Å². The molecular formula is C10H17IN4. The number of aromatic nitrogens is 2. The van der Waals surface area contributed by atoms with Gasteiger partial charge in [-0.25, -0.2) is 9.97 Å². The summed E-state index contributed by atoms with van der Waals surface area (Å²) in [5, 5.41) is 0. The Morgan fingerprint density at radius 1 is 1.47 bits per heavy atom. The number of hydrogen-bond donors (Lipinski definition) is 1. The quantitative estimate of drug-likeness (QED) is 0.810. The van der Waals surface area contributed by atoms with Gasteiger partial charge in [0.2, 0.25) is 0 Å². The highest BCUT2D eigenvalue weighted by atomic mass is 127. The number of nitrogens with zero attached hydrogens (tertiary/aromatic N) is 3. The predicted molar refractivity (Wildman–Crippen MR) is 70.9 cm³/mol. The number of hydrogen-bond acceptors (Lipinski definition) is 4. The summed E-state index contributed by atoms with van der Waals surface area (Å²) in [5.41, 5.74) is 5.53. The van der Waals surface area contributed by atoms with Gasteiger partial charge in [0, 0.05) is 19.3 Å². The van der Waals surface area contributed by atoms with Gasteiger partial charge in [0.25, 0.3) is 0 Å². The van der Waals surface area contributed by atoms with E-state index in [0.29, 0.717) is 0 Å². The predicted octanol–water partition coefficient (Wildman–Crippen LogP) is 1.65. The topological polar surface area (TPSA) is 55.0 Å². The largest absolute Gasteiger partial charge is 0.356 e. The Balaban J connectivity index is 2.74. The molecule has 15 heavy (non-hydrogen) atoms. The second-order valence-corrected chi connectivity index (χ2v) is 4.49. The zero-order valence-corrected chi connectivity index (χ0v) is 11.1. The van der Waals surface area contributed by atoms with Crippen LogP contribution < -0.4 is 10.6 Å². The standard InChI is InChI=1S/C10H17IN4/c1-2-5-15(6-3-4-12)10-9(11)7-13-8-14-10/h7-8H,2-6,12H2,1H3. The molecule has 1 rings (SSSR count). The minimum Gasteiger partial charge on any atom is -0.356 e. The van der Waals surface area contributed by atoms with Crippen molar-refractivity contribution in [3.63, 3.8) is 0 Å². The average molecular weight is 320 g/mol. The first-order valence-corrected chi connectivity index (χ1v) is 6.28. The van der Waals surface area contributed by atoms with Crippen LogP contribution in [0.15, 0.2) is 12.5 Å². The molecule has 1 heterocycles. The van der Waals surface area contributed by atoms with E-state index in [4.69, 9.17) is 5.73 Å². The van der Waals surface area contributed by atoms with Gasteiger partial charge in [0.1, 0.15) is 12.1 Å². The maximum Gasteiger partial charge on any atom is 0.145 e. The minimum absolute atomic E-state index is 0.724. The molecule has 0 amide bonds. The van der Waals surface area contributed by atoms with Crippen LogP contribution in [0.2, 0.25) is 0 Å². The number of anilines is 1. The van der Waals surface area contributed by atoms with Crippen LogP contribution in [0.1, 0.15) is 19.8 Å². The highest BCUT2D eigenvalue weighted by molar-refractivity contribution is 14.1. The fraction of sp³-hybridized carbons (Fsp3) is 0.600. The van der Waals surface area contributed by atoms with Crippen molar-refractivity contribution < 1.29 is 0 Å². The average Bonchev–Trinajstić information content (AvgIpc) is 2.25. The molecule has 0 bridgehead atoms. The van der Waals surface area contributed by atoms with Crippen molar-refractivity contribution in [3.05, 3.63) is 16.1 Å². The Bertz CT molecular complexity index is 293. The Hall–Kier alpha value is -0.430. The summed E-state index contributed by atoms with van der Waals surface area (Å²) in [6.07, 6.45) is 5.56. The van der Waals surface area contributed by atoms with Gasteiger partial charge < -0.3 is 10.6 Å². The zero-order valence-electron chi connectivity index (χ0n) is 8.99. The number of halogens is 1. The second-order valence-electron chi connectivity index (χ2n) is 3.32. The van der Waals surface area contributed by atoms with Crippen molar-refractivity contribution in [1.82, 2.24) is 9.97 Å². The van der Waals surface area contributed by atoms with E-state index in [-0.39, 0.29) is 0 Å². The fourth-order valence-electron chi connectivity index (χ4n) is 1.41. The molecule has 0 aliphatic carbocycles. The van der Waals surface area contributed by atoms with Gasteiger partial charge in [-0.3, -0.25) is 0 Å². The van der Waals surface area contributed by atoms with Crippen LogP contribution in [0.4, 0.5) is 5.82 Å². The van der Waals surface area contributed by atoms with E-state index < -0.39 is 0 Å². The molecule has 0 aromatic carbocycles. The van der Waals surface area contributed by atoms with E-state index in [0.717, 1.165) is 41.9 Å². The SMILES string of the molecule is CCCN(CCCN)c1ncncc1I. The van der Waals surface area contributed by atoms with Crippen LogP contribution in [0.5, 0.6) is 0 Å². The monoisotopic (exact) mass is 320 g/mol. The highest BCUT2D eigenvalue weighted by Crippen LogP contribution is 2.18. The lowest BCUT2D eigenvalue weighted by atomic mass is 10.3. The van der Waals surface area contributed by atoms with Gasteiger partial charge in [-0.1, -0.05) is 6.92 Å². The smallest absolute Gasteiger partial charge is 0.145 e. The lowest BCUT2D eigenvalue weighted by Crippen LogP contribution is -2.28. The molecule has 1 aromatic heterocycles. The van der Waals surface area contributed by atoms with E-state index in [9.17, 15) is 0 Å². The van der Waals surface area contributed by atoms with E-state index in [1.807, 2.05) is 6.20 Å².